The fourth-order valence-electron chi connectivity index (χ4n) is 4.02. The zero-order valence-electron chi connectivity index (χ0n) is 15.6. The van der Waals surface area contributed by atoms with Crippen molar-refractivity contribution >= 4 is 27.6 Å². The van der Waals surface area contributed by atoms with Crippen molar-refractivity contribution in [3.05, 3.63) is 72.6 Å². The molecular weight excluding hydrogens is 348 g/mol. The number of aryl methyl sites for hydroxylation is 1. The van der Waals surface area contributed by atoms with E-state index in [0.717, 1.165) is 46.0 Å². The summed E-state index contributed by atoms with van der Waals surface area (Å²) in [6, 6.07) is 12.8. The molecule has 0 aliphatic carbocycles. The predicted molar refractivity (Wildman–Crippen MR) is 111 cm³/mol. The van der Waals surface area contributed by atoms with Crippen molar-refractivity contribution in [2.24, 2.45) is 0 Å². The molecule has 5 nitrogen and oxygen atoms in total. The molecule has 0 saturated carbocycles. The molecule has 1 fully saturated rings. The maximum absolute atomic E-state index is 11.6. The molecule has 2 aromatic heterocycles. The third-order valence-electron chi connectivity index (χ3n) is 5.67. The van der Waals surface area contributed by atoms with Gasteiger partial charge in [0.05, 0.1) is 17.4 Å². The average Bonchev–Trinajstić information content (AvgIpc) is 3.15. The van der Waals surface area contributed by atoms with Crippen LogP contribution in [0.2, 0.25) is 0 Å². The molecule has 0 spiro atoms. The van der Waals surface area contributed by atoms with Gasteiger partial charge < -0.3 is 4.90 Å². The Morgan fingerprint density at radius 2 is 2.04 bits per heavy atom. The van der Waals surface area contributed by atoms with Crippen LogP contribution in [0, 0.1) is 6.92 Å². The van der Waals surface area contributed by atoms with Crippen LogP contribution in [-0.4, -0.2) is 39.1 Å². The van der Waals surface area contributed by atoms with Crippen LogP contribution >= 0.6 is 0 Å². The Hall–Kier alpha value is -3.47. The van der Waals surface area contributed by atoms with Gasteiger partial charge in [0.2, 0.25) is 5.91 Å². The minimum atomic E-state index is 0.00661. The number of hydrogen-bond acceptors (Lipinski definition) is 3. The second-order valence-corrected chi connectivity index (χ2v) is 7.41. The third kappa shape index (κ3) is 2.59. The molecule has 1 aliphatic heterocycles. The number of carbonyl (C=O) groups excluding carboxylic acids is 1. The lowest BCUT2D eigenvalue weighted by Crippen LogP contribution is -2.47. The molecule has 0 atom stereocenters. The minimum Gasteiger partial charge on any atom is -0.338 e. The number of aromatic nitrogens is 3. The van der Waals surface area contributed by atoms with E-state index in [1.807, 2.05) is 23.4 Å². The van der Waals surface area contributed by atoms with Gasteiger partial charge in [0.15, 0.2) is 0 Å². The first-order valence-electron chi connectivity index (χ1n) is 9.38. The molecule has 3 heterocycles. The van der Waals surface area contributed by atoms with Crippen LogP contribution in [0.5, 0.6) is 0 Å². The lowest BCUT2D eigenvalue weighted by Gasteiger charge is -2.39. The van der Waals surface area contributed by atoms with Gasteiger partial charge in [0, 0.05) is 41.5 Å². The van der Waals surface area contributed by atoms with Gasteiger partial charge in [0.25, 0.3) is 0 Å². The number of hydrogen-bond donors (Lipinski definition) is 1. The number of nitrogens with zero attached hydrogens (tertiary/aromatic N) is 3. The quantitative estimate of drug-likeness (QED) is 0.551. The number of fused-ring (bicyclic) bond motifs is 2. The van der Waals surface area contributed by atoms with E-state index in [4.69, 9.17) is 4.98 Å². The minimum absolute atomic E-state index is 0.00661. The summed E-state index contributed by atoms with van der Waals surface area (Å²) in [5.74, 6) is 0.391. The molecule has 0 bridgehead atoms. The lowest BCUT2D eigenvalue weighted by atomic mass is 9.90. The van der Waals surface area contributed by atoms with E-state index in [9.17, 15) is 4.79 Å². The van der Waals surface area contributed by atoms with Gasteiger partial charge >= 0.3 is 0 Å². The van der Waals surface area contributed by atoms with Crippen molar-refractivity contribution < 1.29 is 4.79 Å². The molecule has 5 rings (SSSR count). The molecule has 28 heavy (non-hydrogen) atoms. The Morgan fingerprint density at radius 3 is 2.86 bits per heavy atom. The van der Waals surface area contributed by atoms with E-state index in [-0.39, 0.29) is 5.91 Å². The first-order chi connectivity index (χ1) is 13.6. The molecule has 138 valence electrons. The van der Waals surface area contributed by atoms with Crippen molar-refractivity contribution in [2.75, 3.05) is 13.1 Å². The van der Waals surface area contributed by atoms with Crippen molar-refractivity contribution in [2.45, 2.75) is 12.8 Å². The SMILES string of the molecule is C=CC(=O)N1CC(c2ccc3cc(-c4c(C)ccc5[nH]ncc45)ncc3c2)C1. The van der Waals surface area contributed by atoms with Crippen LogP contribution in [0.25, 0.3) is 32.9 Å². The first-order valence-corrected chi connectivity index (χ1v) is 9.38. The summed E-state index contributed by atoms with van der Waals surface area (Å²) in [7, 11) is 0. The molecule has 0 radical (unpaired) electrons. The Kier molecular flexibility index (Phi) is 3.76. The lowest BCUT2D eigenvalue weighted by molar-refractivity contribution is -0.130. The number of nitrogens with one attached hydrogen (secondary N) is 1. The monoisotopic (exact) mass is 368 g/mol. The number of amides is 1. The van der Waals surface area contributed by atoms with Gasteiger partial charge in [-0.3, -0.25) is 14.9 Å². The van der Waals surface area contributed by atoms with E-state index in [0.29, 0.717) is 5.92 Å². The number of carbonyl (C=O) groups is 1. The Balaban J connectivity index is 1.49. The van der Waals surface area contributed by atoms with Crippen LogP contribution < -0.4 is 0 Å². The summed E-state index contributed by atoms with van der Waals surface area (Å²) in [5.41, 5.74) is 5.52. The van der Waals surface area contributed by atoms with Crippen LogP contribution in [0.1, 0.15) is 17.0 Å². The number of aromatic amines is 1. The largest absolute Gasteiger partial charge is 0.338 e. The van der Waals surface area contributed by atoms with E-state index in [1.54, 1.807) is 0 Å². The van der Waals surface area contributed by atoms with E-state index in [1.165, 1.54) is 17.2 Å². The molecule has 1 N–H and O–H groups in total. The maximum atomic E-state index is 11.6. The fourth-order valence-corrected chi connectivity index (χ4v) is 4.02. The van der Waals surface area contributed by atoms with Gasteiger partial charge in [-0.2, -0.15) is 5.10 Å². The molecule has 1 saturated heterocycles. The Labute approximate surface area is 162 Å². The summed E-state index contributed by atoms with van der Waals surface area (Å²) in [6.07, 6.45) is 5.18. The number of benzene rings is 2. The van der Waals surface area contributed by atoms with Crippen LogP contribution in [-0.2, 0) is 4.79 Å². The number of likely N-dealkylation sites (tertiary alicyclic amines) is 1. The molecular formula is C23H20N4O. The zero-order valence-corrected chi connectivity index (χ0v) is 15.6. The van der Waals surface area contributed by atoms with Gasteiger partial charge in [-0.1, -0.05) is 24.8 Å². The molecule has 4 aromatic rings. The number of pyridine rings is 1. The second kappa shape index (κ2) is 6.30. The van der Waals surface area contributed by atoms with E-state index >= 15 is 0 Å². The van der Waals surface area contributed by atoms with Crippen molar-refractivity contribution in [1.82, 2.24) is 20.1 Å². The number of H-pyrrole nitrogens is 1. The Morgan fingerprint density at radius 1 is 1.18 bits per heavy atom. The highest BCUT2D eigenvalue weighted by atomic mass is 16.2. The summed E-state index contributed by atoms with van der Waals surface area (Å²) in [5, 5.41) is 10.6. The van der Waals surface area contributed by atoms with Crippen molar-refractivity contribution in [1.29, 1.82) is 0 Å². The third-order valence-corrected chi connectivity index (χ3v) is 5.67. The molecule has 5 heteroatoms. The van der Waals surface area contributed by atoms with Gasteiger partial charge in [-0.15, -0.1) is 0 Å². The Bertz CT molecular complexity index is 1230. The van der Waals surface area contributed by atoms with Crippen LogP contribution in [0.4, 0.5) is 0 Å². The molecule has 1 amide bonds. The normalized spacial score (nSPS) is 14.4. The van der Waals surface area contributed by atoms with Crippen molar-refractivity contribution in [3.63, 3.8) is 0 Å². The topological polar surface area (TPSA) is 61.9 Å². The van der Waals surface area contributed by atoms with Crippen LogP contribution in [0.3, 0.4) is 0 Å². The zero-order chi connectivity index (χ0) is 19.3. The molecule has 0 unspecified atom stereocenters. The standard InChI is InChI=1S/C23H20N4O/c1-3-22(28)27-12-18(13-27)15-5-6-16-9-21(24-10-17(16)8-15)23-14(2)4-7-20-19(23)11-25-26-20/h3-11,18H,1,12-13H2,2H3,(H,25,26). The average molecular weight is 368 g/mol. The first kappa shape index (κ1) is 16.7. The van der Waals surface area contributed by atoms with E-state index in [2.05, 4.69) is 54.0 Å². The maximum Gasteiger partial charge on any atom is 0.245 e. The molecule has 1 aliphatic rings. The van der Waals surface area contributed by atoms with Crippen molar-refractivity contribution in [3.8, 4) is 11.3 Å². The van der Waals surface area contributed by atoms with E-state index < -0.39 is 0 Å². The number of rotatable bonds is 3. The van der Waals surface area contributed by atoms with Gasteiger partial charge in [0.1, 0.15) is 0 Å². The summed E-state index contributed by atoms with van der Waals surface area (Å²) in [4.78, 5) is 18.2. The molecule has 2 aromatic carbocycles. The second-order valence-electron chi connectivity index (χ2n) is 7.41. The van der Waals surface area contributed by atoms with Gasteiger partial charge in [-0.05, 0) is 47.7 Å². The predicted octanol–water partition coefficient (Wildman–Crippen LogP) is 4.20. The summed E-state index contributed by atoms with van der Waals surface area (Å²) >= 11 is 0. The highest BCUT2D eigenvalue weighted by Crippen LogP contribution is 2.33. The highest BCUT2D eigenvalue weighted by molar-refractivity contribution is 5.97. The fraction of sp³-hybridized carbons (Fsp3) is 0.174. The van der Waals surface area contributed by atoms with Gasteiger partial charge in [-0.25, -0.2) is 0 Å². The van der Waals surface area contributed by atoms with Crippen LogP contribution in [0.15, 0.2) is 61.4 Å². The summed E-state index contributed by atoms with van der Waals surface area (Å²) < 4.78 is 0. The summed E-state index contributed by atoms with van der Waals surface area (Å²) in [6.45, 7) is 7.16. The highest BCUT2D eigenvalue weighted by Gasteiger charge is 2.30. The smallest absolute Gasteiger partial charge is 0.245 e.